The van der Waals surface area contributed by atoms with Gasteiger partial charge in [0.2, 0.25) is 0 Å². The van der Waals surface area contributed by atoms with Gasteiger partial charge in [-0.05, 0) is 17.7 Å². The van der Waals surface area contributed by atoms with E-state index in [0.717, 1.165) is 15.3 Å². The monoisotopic (exact) mass is 526 g/mol. The molecule has 4 atom stereocenters. The summed E-state index contributed by atoms with van der Waals surface area (Å²) >= 11 is 0. The Labute approximate surface area is 222 Å². The number of urea groups is 2. The first-order chi connectivity index (χ1) is 18.6. The van der Waals surface area contributed by atoms with Crippen molar-refractivity contribution in [3.63, 3.8) is 0 Å². The number of likely N-dealkylation sites (N-methyl/N-ethyl adjacent to an activating group) is 4. The Kier molecular flexibility index (Phi) is 4.37. The van der Waals surface area contributed by atoms with Crippen LogP contribution in [0.2, 0.25) is 0 Å². The van der Waals surface area contributed by atoms with Crippen molar-refractivity contribution in [1.29, 1.82) is 0 Å². The molecule has 11 heteroatoms. The van der Waals surface area contributed by atoms with Crippen molar-refractivity contribution in [1.82, 2.24) is 29.6 Å². The molecule has 2 saturated heterocycles. The molecule has 0 bridgehead atoms. The van der Waals surface area contributed by atoms with Gasteiger partial charge < -0.3 is 24.9 Å². The number of hydrogen-bond acceptors (Lipinski definition) is 5. The van der Waals surface area contributed by atoms with Crippen molar-refractivity contribution in [2.24, 2.45) is 0 Å². The van der Waals surface area contributed by atoms with Crippen molar-refractivity contribution in [2.45, 2.75) is 23.1 Å². The van der Waals surface area contributed by atoms with Gasteiger partial charge in [-0.15, -0.1) is 0 Å². The summed E-state index contributed by atoms with van der Waals surface area (Å²) in [7, 11) is 5.76. The van der Waals surface area contributed by atoms with Crippen LogP contribution in [0.4, 0.5) is 9.59 Å². The summed E-state index contributed by atoms with van der Waals surface area (Å²) in [5, 5.41) is 13.7. The molecule has 2 spiro atoms. The van der Waals surface area contributed by atoms with E-state index in [-0.39, 0.29) is 0 Å². The van der Waals surface area contributed by atoms with Crippen LogP contribution in [0.3, 0.4) is 0 Å². The summed E-state index contributed by atoms with van der Waals surface area (Å²) in [6.45, 7) is 0. The van der Waals surface area contributed by atoms with Crippen LogP contribution in [0.1, 0.15) is 28.8 Å². The average Bonchev–Trinajstić information content (AvgIpc) is 3.63. The number of benzene rings is 2. The number of aromatic amines is 2. The molecular formula is C28H26N6O5. The number of aliphatic hydroxyl groups is 1. The van der Waals surface area contributed by atoms with E-state index in [0.29, 0.717) is 33.1 Å². The van der Waals surface area contributed by atoms with Gasteiger partial charge in [0.05, 0.1) is 11.6 Å². The molecule has 3 aliphatic rings. The standard InChI is InChI=1S/C28H26N6O5/c1-31-23(36)27(33(3)25(31)38)20(16-13-29-17-11-7-5-9-14(16)17)28(24(37)32(2)26(39)34(28)4)22(35)19-15-10-6-8-12-18(15)30-21(19)27/h5-13,20,22,29-30,35H,1-4H3. The van der Waals surface area contributed by atoms with E-state index in [2.05, 4.69) is 9.97 Å². The molecule has 2 aliphatic heterocycles. The molecule has 0 radical (unpaired) electrons. The minimum absolute atomic E-state index is 0.313. The van der Waals surface area contributed by atoms with E-state index >= 15 is 0 Å². The van der Waals surface area contributed by atoms with Gasteiger partial charge in [0.1, 0.15) is 6.10 Å². The lowest BCUT2D eigenvalue weighted by atomic mass is 9.57. The maximum atomic E-state index is 14.5. The molecule has 39 heavy (non-hydrogen) atoms. The van der Waals surface area contributed by atoms with E-state index in [4.69, 9.17) is 0 Å². The maximum absolute atomic E-state index is 14.5. The lowest BCUT2D eigenvalue weighted by molar-refractivity contribution is -0.151. The highest BCUT2D eigenvalue weighted by atomic mass is 16.3. The van der Waals surface area contributed by atoms with Gasteiger partial charge in [-0.1, -0.05) is 36.4 Å². The molecule has 0 saturated carbocycles. The summed E-state index contributed by atoms with van der Waals surface area (Å²) < 4.78 is 0. The van der Waals surface area contributed by atoms with Crippen molar-refractivity contribution in [3.05, 3.63) is 71.5 Å². The molecule has 11 nitrogen and oxygen atoms in total. The van der Waals surface area contributed by atoms with Gasteiger partial charge in [-0.3, -0.25) is 19.4 Å². The number of aromatic nitrogens is 2. The van der Waals surface area contributed by atoms with Crippen LogP contribution in [-0.2, 0) is 15.1 Å². The fourth-order valence-corrected chi connectivity index (χ4v) is 7.34. The average molecular weight is 527 g/mol. The normalized spacial score (nSPS) is 28.8. The van der Waals surface area contributed by atoms with Gasteiger partial charge >= 0.3 is 12.1 Å². The van der Waals surface area contributed by atoms with E-state index in [9.17, 15) is 24.3 Å². The third-order valence-corrected chi connectivity index (χ3v) is 9.12. The van der Waals surface area contributed by atoms with Crippen molar-refractivity contribution in [2.75, 3.05) is 28.2 Å². The molecule has 3 N–H and O–H groups in total. The first-order valence-electron chi connectivity index (χ1n) is 12.6. The number of nitrogens with zero attached hydrogens (tertiary/aromatic N) is 4. The zero-order valence-corrected chi connectivity index (χ0v) is 21.7. The number of amides is 6. The van der Waals surface area contributed by atoms with Gasteiger partial charge in [0, 0.05) is 61.8 Å². The molecule has 4 heterocycles. The topological polar surface area (TPSA) is 133 Å². The smallest absolute Gasteiger partial charge is 0.327 e. The lowest BCUT2D eigenvalue weighted by Crippen LogP contribution is -2.69. The number of fused-ring (bicyclic) bond motifs is 5. The largest absolute Gasteiger partial charge is 0.385 e. The number of para-hydroxylation sites is 2. The number of carbonyl (C=O) groups is 4. The highest BCUT2D eigenvalue weighted by molar-refractivity contribution is 6.14. The van der Waals surface area contributed by atoms with E-state index < -0.39 is 47.0 Å². The highest BCUT2D eigenvalue weighted by Gasteiger charge is 2.77. The zero-order valence-electron chi connectivity index (χ0n) is 21.7. The first kappa shape index (κ1) is 23.5. The molecule has 1 aliphatic carbocycles. The zero-order chi connectivity index (χ0) is 27.6. The van der Waals surface area contributed by atoms with Crippen LogP contribution in [0.25, 0.3) is 21.8 Å². The third kappa shape index (κ3) is 2.34. The van der Waals surface area contributed by atoms with Gasteiger partial charge in [-0.2, -0.15) is 0 Å². The number of hydrogen-bond donors (Lipinski definition) is 3. The number of nitrogens with one attached hydrogen (secondary N) is 2. The molecular weight excluding hydrogens is 500 g/mol. The number of H-pyrrole nitrogens is 2. The van der Waals surface area contributed by atoms with Crippen LogP contribution in [0, 0.1) is 0 Å². The maximum Gasteiger partial charge on any atom is 0.327 e. The molecule has 2 fully saturated rings. The Morgan fingerprint density at radius 2 is 1.36 bits per heavy atom. The van der Waals surface area contributed by atoms with Crippen molar-refractivity contribution < 1.29 is 24.3 Å². The second-order valence-electron chi connectivity index (χ2n) is 10.6. The van der Waals surface area contributed by atoms with Crippen LogP contribution in [0.15, 0.2) is 54.7 Å². The Bertz CT molecular complexity index is 1770. The van der Waals surface area contributed by atoms with Crippen LogP contribution in [-0.4, -0.2) is 92.3 Å². The molecule has 4 unspecified atom stereocenters. The van der Waals surface area contributed by atoms with E-state index in [1.54, 1.807) is 18.3 Å². The summed E-state index contributed by atoms with van der Waals surface area (Å²) in [5.74, 6) is -2.40. The number of rotatable bonds is 1. The first-order valence-corrected chi connectivity index (χ1v) is 12.6. The van der Waals surface area contributed by atoms with Crippen LogP contribution < -0.4 is 0 Å². The van der Waals surface area contributed by atoms with Crippen LogP contribution >= 0.6 is 0 Å². The predicted octanol–water partition coefficient (Wildman–Crippen LogP) is 2.46. The Hall–Kier alpha value is -4.64. The SMILES string of the molecule is CN1C(=O)N(C)C2(C1=O)c1[nH]c3ccccc3c1C(O)C1(C(=O)N(C)C(=O)N1C)C2c1c[nH]c2ccccc12. The Morgan fingerprint density at radius 3 is 1.97 bits per heavy atom. The summed E-state index contributed by atoms with van der Waals surface area (Å²) in [5.41, 5.74) is -1.20. The van der Waals surface area contributed by atoms with E-state index in [1.165, 1.54) is 38.0 Å². The molecule has 4 aromatic rings. The minimum atomic E-state index is -1.95. The fraction of sp³-hybridized carbons (Fsp3) is 0.286. The summed E-state index contributed by atoms with van der Waals surface area (Å²) in [4.78, 5) is 67.1. The second kappa shape index (κ2) is 7.26. The molecule has 7 rings (SSSR count). The lowest BCUT2D eigenvalue weighted by Gasteiger charge is -2.54. The molecule has 198 valence electrons. The predicted molar refractivity (Wildman–Crippen MR) is 141 cm³/mol. The number of imide groups is 2. The number of aliphatic hydroxyl groups excluding tert-OH is 1. The van der Waals surface area contributed by atoms with Crippen molar-refractivity contribution >= 4 is 45.7 Å². The summed E-state index contributed by atoms with van der Waals surface area (Å²) in [6, 6.07) is 13.4. The van der Waals surface area contributed by atoms with Gasteiger partial charge in [0.15, 0.2) is 11.1 Å². The molecule has 2 aromatic heterocycles. The second-order valence-corrected chi connectivity index (χ2v) is 10.6. The molecule has 2 aromatic carbocycles. The van der Waals surface area contributed by atoms with Gasteiger partial charge in [0.25, 0.3) is 11.8 Å². The Morgan fingerprint density at radius 1 is 0.769 bits per heavy atom. The van der Waals surface area contributed by atoms with Gasteiger partial charge in [-0.25, -0.2) is 9.59 Å². The third-order valence-electron chi connectivity index (χ3n) is 9.12. The fourth-order valence-electron chi connectivity index (χ4n) is 7.34. The van der Waals surface area contributed by atoms with Crippen LogP contribution in [0.5, 0.6) is 0 Å². The van der Waals surface area contributed by atoms with E-state index in [1.807, 2.05) is 36.4 Å². The highest BCUT2D eigenvalue weighted by Crippen LogP contribution is 2.64. The minimum Gasteiger partial charge on any atom is -0.385 e. The van der Waals surface area contributed by atoms with Crippen molar-refractivity contribution in [3.8, 4) is 0 Å². The number of carbonyl (C=O) groups excluding carboxylic acids is 4. The Balaban J connectivity index is 1.72. The quantitative estimate of drug-likeness (QED) is 0.328. The molecule has 6 amide bonds. The summed E-state index contributed by atoms with van der Waals surface area (Å²) in [6.07, 6.45) is 0.175.